The summed E-state index contributed by atoms with van der Waals surface area (Å²) in [6.45, 7) is 5.02. The van der Waals surface area contributed by atoms with Crippen molar-refractivity contribution < 1.29 is 13.9 Å². The number of esters is 1. The van der Waals surface area contributed by atoms with Crippen LogP contribution in [0, 0.1) is 0 Å². The van der Waals surface area contributed by atoms with E-state index in [0.717, 1.165) is 25.1 Å². The van der Waals surface area contributed by atoms with Crippen LogP contribution < -0.4 is 5.32 Å². The van der Waals surface area contributed by atoms with E-state index in [0.29, 0.717) is 23.8 Å². The van der Waals surface area contributed by atoms with Crippen molar-refractivity contribution in [2.75, 3.05) is 18.5 Å². The van der Waals surface area contributed by atoms with Gasteiger partial charge in [0, 0.05) is 12.2 Å². The lowest BCUT2D eigenvalue weighted by Gasteiger charge is -2.09. The number of aliphatic imine (C=N–C) groups is 1. The molecule has 0 fully saturated rings. The van der Waals surface area contributed by atoms with Crippen LogP contribution in [0.4, 0.5) is 5.69 Å². The van der Waals surface area contributed by atoms with Crippen LogP contribution in [0.5, 0.6) is 0 Å². The number of unbranched alkanes of at least 4 members (excludes halogenated alkanes) is 1. The van der Waals surface area contributed by atoms with Crippen LogP contribution in [0.15, 0.2) is 52.1 Å². The van der Waals surface area contributed by atoms with Gasteiger partial charge in [-0.25, -0.2) is 4.79 Å². The first kappa shape index (κ1) is 19.8. The molecule has 1 aromatic carbocycles. The molecule has 0 aliphatic carbocycles. The van der Waals surface area contributed by atoms with Gasteiger partial charge in [0.2, 0.25) is 0 Å². The van der Waals surface area contributed by atoms with Crippen molar-refractivity contribution >= 4 is 29.9 Å². The molecule has 0 unspecified atom stereocenters. The van der Waals surface area contributed by atoms with Crippen molar-refractivity contribution in [2.45, 2.75) is 26.7 Å². The van der Waals surface area contributed by atoms with Gasteiger partial charge in [0.15, 0.2) is 11.6 Å². The van der Waals surface area contributed by atoms with Crippen LogP contribution in [-0.4, -0.2) is 25.0 Å². The van der Waals surface area contributed by atoms with Crippen molar-refractivity contribution in [1.82, 2.24) is 0 Å². The van der Waals surface area contributed by atoms with Gasteiger partial charge in [-0.1, -0.05) is 13.3 Å². The summed E-state index contributed by atoms with van der Waals surface area (Å²) in [6.07, 6.45) is 3.73. The molecule has 0 amide bonds. The number of hydrogen-bond donors (Lipinski definition) is 1. The fraction of sp³-hybridized carbons (Fsp3) is 0.333. The van der Waals surface area contributed by atoms with E-state index in [4.69, 9.17) is 9.15 Å². The van der Waals surface area contributed by atoms with Crippen LogP contribution >= 0.6 is 12.4 Å². The maximum atomic E-state index is 11.7. The van der Waals surface area contributed by atoms with Gasteiger partial charge in [0.05, 0.1) is 18.4 Å². The summed E-state index contributed by atoms with van der Waals surface area (Å²) >= 11 is 0. The number of amidine groups is 1. The Morgan fingerprint density at radius 2 is 1.96 bits per heavy atom. The molecule has 0 atom stereocenters. The van der Waals surface area contributed by atoms with Gasteiger partial charge in [-0.05, 0) is 49.7 Å². The summed E-state index contributed by atoms with van der Waals surface area (Å²) in [5.74, 6) is 1.06. The Morgan fingerprint density at radius 3 is 2.54 bits per heavy atom. The minimum absolute atomic E-state index is 0. The third-order valence-electron chi connectivity index (χ3n) is 3.19. The molecule has 0 saturated heterocycles. The molecule has 24 heavy (non-hydrogen) atoms. The number of benzene rings is 1. The highest BCUT2D eigenvalue weighted by atomic mass is 35.5. The standard InChI is InChI=1S/C18H22N2O3.ClH/c1-3-5-12-19-17(16-7-6-13-23-16)20-15-10-8-14(9-11-15)18(21)22-4-2;/h6-11,13H,3-5,12H2,1-2H3,(H,19,20);1H. The summed E-state index contributed by atoms with van der Waals surface area (Å²) < 4.78 is 10.4. The van der Waals surface area contributed by atoms with E-state index in [1.165, 1.54) is 0 Å². The number of anilines is 1. The van der Waals surface area contributed by atoms with E-state index >= 15 is 0 Å². The lowest BCUT2D eigenvalue weighted by molar-refractivity contribution is 0.0526. The predicted molar refractivity (Wildman–Crippen MR) is 98.3 cm³/mol. The fourth-order valence-electron chi connectivity index (χ4n) is 1.98. The van der Waals surface area contributed by atoms with Crippen molar-refractivity contribution in [2.24, 2.45) is 4.99 Å². The average molecular weight is 351 g/mol. The van der Waals surface area contributed by atoms with Crippen LogP contribution in [-0.2, 0) is 4.74 Å². The average Bonchev–Trinajstić information content (AvgIpc) is 3.09. The Kier molecular flexibility index (Phi) is 8.65. The second-order valence-electron chi connectivity index (χ2n) is 4.98. The largest absolute Gasteiger partial charge is 0.462 e. The Labute approximate surface area is 148 Å². The number of furan rings is 1. The maximum Gasteiger partial charge on any atom is 0.338 e. The molecular weight excluding hydrogens is 328 g/mol. The van der Waals surface area contributed by atoms with Gasteiger partial charge in [0.1, 0.15) is 0 Å². The molecule has 0 radical (unpaired) electrons. The molecule has 0 aliphatic heterocycles. The first-order valence-electron chi connectivity index (χ1n) is 7.87. The highest BCUT2D eigenvalue weighted by Gasteiger charge is 2.09. The van der Waals surface area contributed by atoms with Crippen LogP contribution in [0.25, 0.3) is 0 Å². The molecule has 130 valence electrons. The Hall–Kier alpha value is -2.27. The molecule has 0 saturated carbocycles. The predicted octanol–water partition coefficient (Wildman–Crippen LogP) is 4.54. The normalized spacial score (nSPS) is 10.8. The zero-order chi connectivity index (χ0) is 16.5. The highest BCUT2D eigenvalue weighted by Crippen LogP contribution is 2.13. The van der Waals surface area contributed by atoms with E-state index in [1.54, 1.807) is 25.3 Å². The summed E-state index contributed by atoms with van der Waals surface area (Å²) in [6, 6.07) is 10.8. The summed E-state index contributed by atoms with van der Waals surface area (Å²) in [5, 5.41) is 3.24. The Morgan fingerprint density at radius 1 is 1.21 bits per heavy atom. The molecule has 2 aromatic rings. The molecule has 5 nitrogen and oxygen atoms in total. The zero-order valence-electron chi connectivity index (χ0n) is 14.0. The smallest absolute Gasteiger partial charge is 0.338 e. The van der Waals surface area contributed by atoms with Gasteiger partial charge < -0.3 is 14.5 Å². The summed E-state index contributed by atoms with van der Waals surface area (Å²) in [7, 11) is 0. The van der Waals surface area contributed by atoms with E-state index in [-0.39, 0.29) is 18.4 Å². The van der Waals surface area contributed by atoms with Crippen molar-refractivity contribution in [3.05, 3.63) is 54.0 Å². The van der Waals surface area contributed by atoms with E-state index in [9.17, 15) is 4.79 Å². The molecule has 1 heterocycles. The van der Waals surface area contributed by atoms with Crippen molar-refractivity contribution in [3.63, 3.8) is 0 Å². The van der Waals surface area contributed by atoms with E-state index in [1.807, 2.05) is 24.3 Å². The maximum absolute atomic E-state index is 11.7. The monoisotopic (exact) mass is 350 g/mol. The molecule has 2 rings (SSSR count). The third-order valence-corrected chi connectivity index (χ3v) is 3.19. The minimum Gasteiger partial charge on any atom is -0.462 e. The van der Waals surface area contributed by atoms with Gasteiger partial charge in [0.25, 0.3) is 0 Å². The second kappa shape index (κ2) is 10.5. The van der Waals surface area contributed by atoms with Crippen LogP contribution in [0.1, 0.15) is 42.8 Å². The summed E-state index contributed by atoms with van der Waals surface area (Å²) in [4.78, 5) is 16.2. The number of nitrogens with zero attached hydrogens (tertiary/aromatic N) is 1. The third kappa shape index (κ3) is 5.74. The molecular formula is C18H23ClN2O3. The summed E-state index contributed by atoms with van der Waals surface area (Å²) in [5.41, 5.74) is 1.37. The molecule has 1 aromatic heterocycles. The van der Waals surface area contributed by atoms with Gasteiger partial charge in [-0.3, -0.25) is 4.99 Å². The lowest BCUT2D eigenvalue weighted by Crippen LogP contribution is -2.14. The first-order valence-corrected chi connectivity index (χ1v) is 7.87. The molecule has 6 heteroatoms. The lowest BCUT2D eigenvalue weighted by atomic mass is 10.2. The molecule has 1 N–H and O–H groups in total. The number of nitrogens with one attached hydrogen (secondary N) is 1. The number of ether oxygens (including phenoxy) is 1. The quantitative estimate of drug-likeness (QED) is 0.344. The van der Waals surface area contributed by atoms with Crippen LogP contribution in [0.2, 0.25) is 0 Å². The zero-order valence-corrected chi connectivity index (χ0v) is 14.8. The van der Waals surface area contributed by atoms with E-state index in [2.05, 4.69) is 17.2 Å². The van der Waals surface area contributed by atoms with Crippen molar-refractivity contribution in [1.29, 1.82) is 0 Å². The van der Waals surface area contributed by atoms with Gasteiger partial charge >= 0.3 is 5.97 Å². The topological polar surface area (TPSA) is 63.8 Å². The first-order chi connectivity index (χ1) is 11.2. The number of carbonyl (C=O) groups is 1. The fourth-order valence-corrected chi connectivity index (χ4v) is 1.98. The number of rotatable bonds is 7. The number of halogens is 1. The number of carbonyl (C=O) groups excluding carboxylic acids is 1. The van der Waals surface area contributed by atoms with Gasteiger partial charge in [-0.15, -0.1) is 12.4 Å². The van der Waals surface area contributed by atoms with Crippen molar-refractivity contribution in [3.8, 4) is 0 Å². The van der Waals surface area contributed by atoms with Crippen LogP contribution in [0.3, 0.4) is 0 Å². The molecule has 0 spiro atoms. The van der Waals surface area contributed by atoms with Gasteiger partial charge in [-0.2, -0.15) is 0 Å². The second-order valence-corrected chi connectivity index (χ2v) is 4.98. The minimum atomic E-state index is -0.318. The number of hydrogen-bond acceptors (Lipinski definition) is 4. The Bertz CT molecular complexity index is 637. The molecule has 0 aliphatic rings. The Balaban J connectivity index is 0.00000288. The van der Waals surface area contributed by atoms with E-state index < -0.39 is 0 Å². The highest BCUT2D eigenvalue weighted by molar-refractivity contribution is 6.06. The molecule has 0 bridgehead atoms. The SMILES string of the molecule is CCCCN=C(Nc1ccc(C(=O)OCC)cc1)c1ccco1.Cl.